The van der Waals surface area contributed by atoms with Crippen molar-refractivity contribution in [1.82, 2.24) is 0 Å². The molecular formula is C23H26O7. The molecule has 0 fully saturated rings. The molecule has 0 amide bonds. The Labute approximate surface area is 175 Å². The van der Waals surface area contributed by atoms with Crippen LogP contribution in [0.5, 0.6) is 23.0 Å². The normalized spacial score (nSPS) is 15.3. The van der Waals surface area contributed by atoms with Crippen molar-refractivity contribution in [3.05, 3.63) is 59.4 Å². The maximum absolute atomic E-state index is 12.0. The summed E-state index contributed by atoms with van der Waals surface area (Å²) in [6.07, 6.45) is 3.43. The highest BCUT2D eigenvalue weighted by Crippen LogP contribution is 2.36. The van der Waals surface area contributed by atoms with Crippen molar-refractivity contribution in [3.63, 3.8) is 0 Å². The number of cyclic esters (lactones) is 1. The first kappa shape index (κ1) is 21.4. The topological polar surface area (TPSA) is 105 Å². The summed E-state index contributed by atoms with van der Waals surface area (Å²) in [6, 6.07) is 10.2. The molecule has 2 aromatic rings. The highest BCUT2D eigenvalue weighted by Gasteiger charge is 2.38. The fraction of sp³-hybridized carbons (Fsp3) is 0.348. The molecule has 1 heterocycles. The Kier molecular flexibility index (Phi) is 6.40. The van der Waals surface area contributed by atoms with E-state index in [1.165, 1.54) is 14.2 Å². The zero-order valence-electron chi connectivity index (χ0n) is 17.1. The van der Waals surface area contributed by atoms with Crippen LogP contribution >= 0.6 is 0 Å². The van der Waals surface area contributed by atoms with Crippen molar-refractivity contribution in [2.24, 2.45) is 0 Å². The Morgan fingerprint density at radius 2 is 1.40 bits per heavy atom. The third-order valence-electron chi connectivity index (χ3n) is 5.33. The Hall–Kier alpha value is -3.35. The number of rotatable bonds is 8. The van der Waals surface area contributed by atoms with Gasteiger partial charge in [0.1, 0.15) is 11.4 Å². The van der Waals surface area contributed by atoms with Gasteiger partial charge in [-0.25, -0.2) is 4.79 Å². The number of hydrogen-bond acceptors (Lipinski definition) is 7. The van der Waals surface area contributed by atoms with E-state index in [0.29, 0.717) is 37.2 Å². The van der Waals surface area contributed by atoms with E-state index >= 15 is 0 Å². The van der Waals surface area contributed by atoms with Gasteiger partial charge in [0, 0.05) is 6.42 Å². The van der Waals surface area contributed by atoms with E-state index in [1.807, 2.05) is 0 Å². The molecule has 3 N–H and O–H groups in total. The zero-order valence-corrected chi connectivity index (χ0v) is 17.1. The molecule has 0 aromatic heterocycles. The lowest BCUT2D eigenvalue weighted by Crippen LogP contribution is -2.39. The molecule has 2 aromatic carbocycles. The third kappa shape index (κ3) is 4.97. The molecule has 30 heavy (non-hydrogen) atoms. The smallest absolute Gasteiger partial charge is 0.334 e. The Morgan fingerprint density at radius 3 is 1.83 bits per heavy atom. The molecular weight excluding hydrogens is 388 g/mol. The van der Waals surface area contributed by atoms with Crippen LogP contribution in [0.2, 0.25) is 0 Å². The van der Waals surface area contributed by atoms with Gasteiger partial charge < -0.3 is 29.5 Å². The molecule has 0 bridgehead atoms. The maximum Gasteiger partial charge on any atom is 0.334 e. The molecule has 0 saturated carbocycles. The molecule has 0 spiro atoms. The first-order valence-corrected chi connectivity index (χ1v) is 9.68. The predicted molar refractivity (Wildman–Crippen MR) is 110 cm³/mol. The summed E-state index contributed by atoms with van der Waals surface area (Å²) < 4.78 is 16.0. The molecule has 3 rings (SSSR count). The van der Waals surface area contributed by atoms with E-state index in [9.17, 15) is 20.1 Å². The number of ether oxygens (including phenoxy) is 3. The molecule has 0 unspecified atom stereocenters. The summed E-state index contributed by atoms with van der Waals surface area (Å²) in [4.78, 5) is 12.0. The lowest BCUT2D eigenvalue weighted by atomic mass is 9.84. The molecule has 7 nitrogen and oxygen atoms in total. The summed E-state index contributed by atoms with van der Waals surface area (Å²) in [5.41, 5.74) is 0.965. The predicted octanol–water partition coefficient (Wildman–Crippen LogP) is 3.81. The van der Waals surface area contributed by atoms with Crippen LogP contribution in [-0.2, 0) is 22.4 Å². The van der Waals surface area contributed by atoms with Crippen LogP contribution in [0, 0.1) is 0 Å². The quantitative estimate of drug-likeness (QED) is 0.564. The lowest BCUT2D eigenvalue weighted by molar-refractivity contribution is -0.158. The number of aliphatic hydroxyl groups excluding tert-OH is 1. The number of aryl methyl sites for hydroxylation is 2. The molecule has 0 atom stereocenters. The van der Waals surface area contributed by atoms with E-state index in [-0.39, 0.29) is 23.7 Å². The van der Waals surface area contributed by atoms with E-state index in [4.69, 9.17) is 14.2 Å². The van der Waals surface area contributed by atoms with E-state index in [0.717, 1.165) is 17.2 Å². The summed E-state index contributed by atoms with van der Waals surface area (Å²) >= 11 is 0. The van der Waals surface area contributed by atoms with Gasteiger partial charge in [0.25, 0.3) is 0 Å². The average Bonchev–Trinajstić information content (AvgIpc) is 2.72. The van der Waals surface area contributed by atoms with Gasteiger partial charge in [-0.2, -0.15) is 0 Å². The Balaban J connectivity index is 1.78. The van der Waals surface area contributed by atoms with Gasteiger partial charge in [-0.05, 0) is 61.1 Å². The number of methoxy groups -OCH3 is 2. The number of aliphatic hydroxyl groups is 1. The molecule has 1 aliphatic rings. The van der Waals surface area contributed by atoms with Gasteiger partial charge in [-0.3, -0.25) is 0 Å². The number of esters is 1. The zero-order chi connectivity index (χ0) is 21.7. The minimum absolute atomic E-state index is 0.00202. The molecule has 0 saturated heterocycles. The second-order valence-corrected chi connectivity index (χ2v) is 7.43. The summed E-state index contributed by atoms with van der Waals surface area (Å²) in [7, 11) is 2.97. The van der Waals surface area contributed by atoms with E-state index in [2.05, 4.69) is 0 Å². The molecule has 160 valence electrons. The van der Waals surface area contributed by atoms with Crippen molar-refractivity contribution >= 4 is 5.97 Å². The van der Waals surface area contributed by atoms with Crippen molar-refractivity contribution in [2.45, 2.75) is 37.7 Å². The molecule has 7 heteroatoms. The summed E-state index contributed by atoms with van der Waals surface area (Å²) in [5.74, 6) is 0.300. The monoisotopic (exact) mass is 414 g/mol. The summed E-state index contributed by atoms with van der Waals surface area (Å²) in [6.45, 7) is 0. The Morgan fingerprint density at radius 1 is 0.900 bits per heavy atom. The van der Waals surface area contributed by atoms with Crippen molar-refractivity contribution < 1.29 is 34.3 Å². The number of phenols is 2. The van der Waals surface area contributed by atoms with Gasteiger partial charge in [0.2, 0.25) is 0 Å². The summed E-state index contributed by atoms with van der Waals surface area (Å²) in [5, 5.41) is 29.7. The first-order chi connectivity index (χ1) is 14.3. The van der Waals surface area contributed by atoms with Crippen LogP contribution < -0.4 is 9.47 Å². The number of benzene rings is 2. The fourth-order valence-electron chi connectivity index (χ4n) is 3.70. The minimum Gasteiger partial charge on any atom is -0.512 e. The standard InChI is InChI=1S/C23H26O7/c1-28-20-11-15(3-5-18(20)25)7-9-23(14-17(24)13-22(27)30-23)10-8-16-4-6-19(26)21(12-16)29-2/h3-6,11-13,24-26H,7-10,14H2,1-2H3. The van der Waals surface area contributed by atoms with Crippen LogP contribution in [0.25, 0.3) is 0 Å². The number of phenolic OH excluding ortho intramolecular Hbond substituents is 2. The number of carbonyl (C=O) groups excluding carboxylic acids is 1. The van der Waals surface area contributed by atoms with Crippen molar-refractivity contribution in [2.75, 3.05) is 14.2 Å². The lowest BCUT2D eigenvalue weighted by Gasteiger charge is -2.36. The first-order valence-electron chi connectivity index (χ1n) is 9.68. The van der Waals surface area contributed by atoms with Crippen LogP contribution in [0.3, 0.4) is 0 Å². The fourth-order valence-corrected chi connectivity index (χ4v) is 3.70. The van der Waals surface area contributed by atoms with Gasteiger partial charge in [-0.15, -0.1) is 0 Å². The van der Waals surface area contributed by atoms with E-state index < -0.39 is 11.6 Å². The molecule has 0 aliphatic carbocycles. The van der Waals surface area contributed by atoms with Gasteiger partial charge in [0.05, 0.1) is 20.3 Å². The van der Waals surface area contributed by atoms with Gasteiger partial charge in [0.15, 0.2) is 23.0 Å². The van der Waals surface area contributed by atoms with Crippen LogP contribution in [0.4, 0.5) is 0 Å². The van der Waals surface area contributed by atoms with Crippen LogP contribution in [0.1, 0.15) is 30.4 Å². The minimum atomic E-state index is -0.869. The Bertz CT molecular complexity index is 891. The second kappa shape index (κ2) is 8.98. The maximum atomic E-state index is 12.0. The number of carbonyl (C=O) groups is 1. The van der Waals surface area contributed by atoms with E-state index in [1.54, 1.807) is 36.4 Å². The molecule has 0 radical (unpaired) electrons. The number of hydrogen-bond donors (Lipinski definition) is 3. The van der Waals surface area contributed by atoms with Gasteiger partial charge in [-0.1, -0.05) is 12.1 Å². The highest BCUT2D eigenvalue weighted by molar-refractivity contribution is 5.83. The SMILES string of the molecule is COc1cc(CCC2(CCc3ccc(O)c(OC)c3)CC(O)=CC(=O)O2)ccc1O. The van der Waals surface area contributed by atoms with Crippen molar-refractivity contribution in [3.8, 4) is 23.0 Å². The van der Waals surface area contributed by atoms with Crippen molar-refractivity contribution in [1.29, 1.82) is 0 Å². The van der Waals surface area contributed by atoms with Gasteiger partial charge >= 0.3 is 5.97 Å². The average molecular weight is 414 g/mol. The largest absolute Gasteiger partial charge is 0.512 e. The third-order valence-corrected chi connectivity index (χ3v) is 5.33. The molecule has 1 aliphatic heterocycles. The van der Waals surface area contributed by atoms with Crippen LogP contribution in [-0.4, -0.2) is 41.1 Å². The highest BCUT2D eigenvalue weighted by atomic mass is 16.6. The number of aromatic hydroxyl groups is 2. The van der Waals surface area contributed by atoms with Crippen LogP contribution in [0.15, 0.2) is 48.2 Å². The second-order valence-electron chi connectivity index (χ2n) is 7.43.